The van der Waals surface area contributed by atoms with E-state index in [4.69, 9.17) is 21.1 Å². The summed E-state index contributed by atoms with van der Waals surface area (Å²) in [4.78, 5) is 26.9. The molecule has 1 N–H and O–H groups in total. The van der Waals surface area contributed by atoms with E-state index in [1.807, 2.05) is 49.4 Å². The van der Waals surface area contributed by atoms with Crippen LogP contribution in [0.15, 0.2) is 66.7 Å². The quantitative estimate of drug-likeness (QED) is 0.575. The monoisotopic (exact) mass is 450 g/mol. The predicted molar refractivity (Wildman–Crippen MR) is 124 cm³/mol. The lowest BCUT2D eigenvalue weighted by molar-refractivity contribution is -0.125. The fraction of sp³-hybridized carbons (Fsp3) is 0.200. The van der Waals surface area contributed by atoms with E-state index < -0.39 is 6.10 Å². The zero-order chi connectivity index (χ0) is 22.7. The molecule has 0 fully saturated rings. The van der Waals surface area contributed by atoms with Crippen molar-refractivity contribution in [2.24, 2.45) is 0 Å². The molecule has 32 heavy (non-hydrogen) atoms. The Morgan fingerprint density at radius 1 is 1.12 bits per heavy atom. The van der Waals surface area contributed by atoms with Crippen LogP contribution in [-0.4, -0.2) is 24.5 Å². The van der Waals surface area contributed by atoms with E-state index in [2.05, 4.69) is 5.32 Å². The SMILES string of the molecule is Cc1ccc(OCC(=O)Nc2ccc3c(c2)N(Cc2cccc(Cl)c2)C(=O)C(C)O3)cc1. The molecule has 2 amide bonds. The normalized spacial score (nSPS) is 15.0. The van der Waals surface area contributed by atoms with Gasteiger partial charge in [0, 0.05) is 10.7 Å². The lowest BCUT2D eigenvalue weighted by atomic mass is 10.1. The molecule has 1 aliphatic rings. The van der Waals surface area contributed by atoms with Crippen LogP contribution >= 0.6 is 11.6 Å². The van der Waals surface area contributed by atoms with Gasteiger partial charge in [-0.15, -0.1) is 0 Å². The molecule has 1 unspecified atom stereocenters. The van der Waals surface area contributed by atoms with Crippen LogP contribution in [0.1, 0.15) is 18.1 Å². The number of hydrogen-bond donors (Lipinski definition) is 1. The van der Waals surface area contributed by atoms with Crippen molar-refractivity contribution in [3.63, 3.8) is 0 Å². The highest BCUT2D eigenvalue weighted by Crippen LogP contribution is 2.37. The minimum absolute atomic E-state index is 0.126. The van der Waals surface area contributed by atoms with E-state index in [1.165, 1.54) is 0 Å². The highest BCUT2D eigenvalue weighted by molar-refractivity contribution is 6.30. The third kappa shape index (κ3) is 5.03. The maximum atomic E-state index is 12.9. The molecule has 7 heteroatoms. The second-order valence-electron chi connectivity index (χ2n) is 7.65. The number of halogens is 1. The van der Waals surface area contributed by atoms with Crippen LogP contribution in [-0.2, 0) is 16.1 Å². The number of nitrogens with zero attached hydrogens (tertiary/aromatic N) is 1. The standard InChI is InChI=1S/C25H23ClN2O4/c1-16-6-9-21(10-7-16)31-15-24(29)27-20-8-11-23-22(13-20)28(25(30)17(2)32-23)14-18-4-3-5-19(26)12-18/h3-13,17H,14-15H2,1-2H3,(H,27,29). The molecule has 3 aromatic rings. The number of rotatable bonds is 6. The number of carbonyl (C=O) groups is 2. The summed E-state index contributed by atoms with van der Waals surface area (Å²) in [6, 6.07) is 20.1. The molecule has 0 bridgehead atoms. The van der Waals surface area contributed by atoms with Gasteiger partial charge in [-0.2, -0.15) is 0 Å². The molecule has 0 radical (unpaired) electrons. The van der Waals surface area contributed by atoms with Gasteiger partial charge in [0.1, 0.15) is 11.5 Å². The number of anilines is 2. The third-order valence-corrected chi connectivity index (χ3v) is 5.31. The molecule has 1 atom stereocenters. The Balaban J connectivity index is 1.50. The van der Waals surface area contributed by atoms with Gasteiger partial charge < -0.3 is 19.7 Å². The Labute approximate surface area is 191 Å². The maximum Gasteiger partial charge on any atom is 0.268 e. The lowest BCUT2D eigenvalue weighted by Crippen LogP contribution is -2.44. The second-order valence-corrected chi connectivity index (χ2v) is 8.08. The summed E-state index contributed by atoms with van der Waals surface area (Å²) >= 11 is 6.10. The topological polar surface area (TPSA) is 67.9 Å². The van der Waals surface area contributed by atoms with Crippen LogP contribution in [0.2, 0.25) is 5.02 Å². The summed E-state index contributed by atoms with van der Waals surface area (Å²) in [6.07, 6.45) is -0.606. The van der Waals surface area contributed by atoms with Gasteiger partial charge >= 0.3 is 0 Å². The molecule has 164 valence electrons. The molecule has 1 heterocycles. The van der Waals surface area contributed by atoms with E-state index in [1.54, 1.807) is 36.1 Å². The Morgan fingerprint density at radius 3 is 2.66 bits per heavy atom. The van der Waals surface area contributed by atoms with Crippen molar-refractivity contribution in [2.75, 3.05) is 16.8 Å². The summed E-state index contributed by atoms with van der Waals surface area (Å²) in [6.45, 7) is 3.92. The molecule has 0 spiro atoms. The zero-order valence-corrected chi connectivity index (χ0v) is 18.6. The fourth-order valence-corrected chi connectivity index (χ4v) is 3.66. The number of carbonyl (C=O) groups excluding carboxylic acids is 2. The first-order valence-corrected chi connectivity index (χ1v) is 10.6. The van der Waals surface area contributed by atoms with E-state index >= 15 is 0 Å². The first-order chi connectivity index (χ1) is 15.4. The summed E-state index contributed by atoms with van der Waals surface area (Å²) < 4.78 is 11.3. The Kier molecular flexibility index (Phi) is 6.32. The maximum absolute atomic E-state index is 12.9. The molecular weight excluding hydrogens is 428 g/mol. The average Bonchev–Trinajstić information content (AvgIpc) is 2.77. The average molecular weight is 451 g/mol. The molecule has 3 aromatic carbocycles. The second kappa shape index (κ2) is 9.32. The van der Waals surface area contributed by atoms with Crippen molar-refractivity contribution in [1.82, 2.24) is 0 Å². The van der Waals surface area contributed by atoms with Gasteiger partial charge in [0.15, 0.2) is 12.7 Å². The summed E-state index contributed by atoms with van der Waals surface area (Å²) in [5.74, 6) is 0.733. The number of aryl methyl sites for hydroxylation is 1. The van der Waals surface area contributed by atoms with Gasteiger partial charge in [-0.3, -0.25) is 9.59 Å². The number of benzene rings is 3. The zero-order valence-electron chi connectivity index (χ0n) is 17.8. The molecule has 6 nitrogen and oxygen atoms in total. The van der Waals surface area contributed by atoms with Gasteiger partial charge in [-0.05, 0) is 61.9 Å². The van der Waals surface area contributed by atoms with E-state index in [0.717, 1.165) is 11.1 Å². The Bertz CT molecular complexity index is 1150. The van der Waals surface area contributed by atoms with Crippen LogP contribution in [0, 0.1) is 6.92 Å². The van der Waals surface area contributed by atoms with Gasteiger partial charge in [0.2, 0.25) is 0 Å². The smallest absolute Gasteiger partial charge is 0.268 e. The van der Waals surface area contributed by atoms with Crippen molar-refractivity contribution < 1.29 is 19.1 Å². The fourth-order valence-electron chi connectivity index (χ4n) is 3.45. The van der Waals surface area contributed by atoms with Crippen molar-refractivity contribution in [2.45, 2.75) is 26.5 Å². The van der Waals surface area contributed by atoms with Gasteiger partial charge in [0.05, 0.1) is 12.2 Å². The number of fused-ring (bicyclic) bond motifs is 1. The van der Waals surface area contributed by atoms with Gasteiger partial charge in [-0.25, -0.2) is 0 Å². The van der Waals surface area contributed by atoms with E-state index in [9.17, 15) is 9.59 Å². The number of nitrogens with one attached hydrogen (secondary N) is 1. The summed E-state index contributed by atoms with van der Waals surface area (Å²) in [7, 11) is 0. The molecule has 4 rings (SSSR count). The summed E-state index contributed by atoms with van der Waals surface area (Å²) in [5.41, 5.74) is 3.14. The molecular formula is C25H23ClN2O4. The third-order valence-electron chi connectivity index (χ3n) is 5.07. The highest BCUT2D eigenvalue weighted by Gasteiger charge is 2.32. The Morgan fingerprint density at radius 2 is 1.91 bits per heavy atom. The van der Waals surface area contributed by atoms with Crippen LogP contribution in [0.25, 0.3) is 0 Å². The van der Waals surface area contributed by atoms with Gasteiger partial charge in [-0.1, -0.05) is 41.4 Å². The number of amides is 2. The largest absolute Gasteiger partial charge is 0.484 e. The molecule has 0 aromatic heterocycles. The minimum Gasteiger partial charge on any atom is -0.484 e. The van der Waals surface area contributed by atoms with Crippen molar-refractivity contribution in [1.29, 1.82) is 0 Å². The van der Waals surface area contributed by atoms with Crippen LogP contribution in [0.5, 0.6) is 11.5 Å². The summed E-state index contributed by atoms with van der Waals surface area (Å²) in [5, 5.41) is 3.42. The number of hydrogen-bond acceptors (Lipinski definition) is 4. The molecule has 1 aliphatic heterocycles. The first-order valence-electron chi connectivity index (χ1n) is 10.2. The van der Waals surface area contributed by atoms with Gasteiger partial charge in [0.25, 0.3) is 11.8 Å². The molecule has 0 saturated carbocycles. The highest BCUT2D eigenvalue weighted by atomic mass is 35.5. The molecule has 0 saturated heterocycles. The van der Waals surface area contributed by atoms with E-state index in [0.29, 0.717) is 34.4 Å². The Hall–Kier alpha value is -3.51. The van der Waals surface area contributed by atoms with Crippen molar-refractivity contribution in [3.05, 3.63) is 82.9 Å². The van der Waals surface area contributed by atoms with Crippen molar-refractivity contribution in [3.8, 4) is 11.5 Å². The van der Waals surface area contributed by atoms with Crippen molar-refractivity contribution >= 4 is 34.8 Å². The van der Waals surface area contributed by atoms with E-state index in [-0.39, 0.29) is 18.4 Å². The first kappa shape index (κ1) is 21.7. The predicted octanol–water partition coefficient (Wildman–Crippen LogP) is 4.98. The number of ether oxygens (including phenoxy) is 2. The molecule has 0 aliphatic carbocycles. The minimum atomic E-state index is -0.606. The lowest BCUT2D eigenvalue weighted by Gasteiger charge is -2.33. The van der Waals surface area contributed by atoms with Crippen LogP contribution in [0.4, 0.5) is 11.4 Å². The van der Waals surface area contributed by atoms with Crippen LogP contribution in [0.3, 0.4) is 0 Å². The van der Waals surface area contributed by atoms with Crippen LogP contribution < -0.4 is 19.7 Å².